The lowest BCUT2D eigenvalue weighted by atomic mass is 10.0. The van der Waals surface area contributed by atoms with E-state index >= 15 is 0 Å². The minimum atomic E-state index is -2.21. The summed E-state index contributed by atoms with van der Waals surface area (Å²) in [5.41, 5.74) is 1.39. The van der Waals surface area contributed by atoms with E-state index in [1.54, 1.807) is 31.4 Å². The quantitative estimate of drug-likeness (QED) is 0.211. The topological polar surface area (TPSA) is 77.0 Å². The predicted octanol–water partition coefficient (Wildman–Crippen LogP) is 6.97. The van der Waals surface area contributed by atoms with Crippen molar-refractivity contribution in [2.75, 3.05) is 13.7 Å². The summed E-state index contributed by atoms with van der Waals surface area (Å²) in [5.74, 6) is -0.00182. The summed E-state index contributed by atoms with van der Waals surface area (Å²) in [7, 11) is -0.611. The van der Waals surface area contributed by atoms with Crippen LogP contribution in [0.1, 0.15) is 57.7 Å². The zero-order valence-electron chi connectivity index (χ0n) is 22.3. The normalized spacial score (nSPS) is 13.8. The summed E-state index contributed by atoms with van der Waals surface area (Å²) >= 11 is 6.38. The third-order valence-corrected chi connectivity index (χ3v) is 11.5. The van der Waals surface area contributed by atoms with E-state index in [0.29, 0.717) is 41.3 Å². The number of halogens is 2. The van der Waals surface area contributed by atoms with Gasteiger partial charge in [0.2, 0.25) is 0 Å². The lowest BCUT2D eigenvalue weighted by Gasteiger charge is -2.38. The minimum Gasteiger partial charge on any atom is -0.497 e. The zero-order chi connectivity index (χ0) is 27.1. The van der Waals surface area contributed by atoms with Crippen LogP contribution >= 0.6 is 11.6 Å². The maximum atomic E-state index is 14.2. The van der Waals surface area contributed by atoms with Gasteiger partial charge in [0.1, 0.15) is 30.0 Å². The van der Waals surface area contributed by atoms with Crippen molar-refractivity contribution in [2.24, 2.45) is 0 Å². The van der Waals surface area contributed by atoms with Crippen LogP contribution in [-0.4, -0.2) is 39.2 Å². The molecular weight excluding hydrogens is 501 g/mol. The molecule has 0 saturated carbocycles. The maximum absolute atomic E-state index is 14.2. The number of carboxylic acid groups (broad SMARTS) is 1. The van der Waals surface area contributed by atoms with Gasteiger partial charge in [0.05, 0.1) is 12.1 Å². The summed E-state index contributed by atoms with van der Waals surface area (Å²) in [6.45, 7) is 13.0. The molecule has 0 radical (unpaired) electrons. The molecule has 0 bridgehead atoms. The molecule has 36 heavy (non-hydrogen) atoms. The molecule has 0 aromatic heterocycles. The number of aliphatic carboxylic acids is 1. The van der Waals surface area contributed by atoms with E-state index in [2.05, 4.69) is 26.1 Å². The van der Waals surface area contributed by atoms with Crippen LogP contribution in [0, 0.1) is 5.82 Å². The van der Waals surface area contributed by atoms with Crippen LogP contribution < -0.4 is 14.8 Å². The van der Waals surface area contributed by atoms with Gasteiger partial charge in [0.25, 0.3) is 0 Å². The van der Waals surface area contributed by atoms with Crippen molar-refractivity contribution in [2.45, 2.75) is 77.4 Å². The van der Waals surface area contributed by atoms with Crippen molar-refractivity contribution in [3.05, 3.63) is 58.4 Å². The van der Waals surface area contributed by atoms with Gasteiger partial charge in [-0.2, -0.15) is 0 Å². The van der Waals surface area contributed by atoms with Gasteiger partial charge in [-0.15, -0.1) is 0 Å². The molecule has 0 spiro atoms. The third-order valence-electron chi connectivity index (χ3n) is 6.72. The van der Waals surface area contributed by atoms with Crippen molar-refractivity contribution < 1.29 is 28.2 Å². The highest BCUT2D eigenvalue weighted by Gasteiger charge is 2.40. The molecule has 200 valence electrons. The largest absolute Gasteiger partial charge is 0.497 e. The Morgan fingerprint density at radius 2 is 1.78 bits per heavy atom. The molecule has 2 aromatic carbocycles. The van der Waals surface area contributed by atoms with Crippen LogP contribution in [0.5, 0.6) is 11.5 Å². The second kappa shape index (κ2) is 12.9. The first-order valence-electron chi connectivity index (χ1n) is 12.1. The van der Waals surface area contributed by atoms with E-state index in [0.717, 1.165) is 5.75 Å². The average Bonchev–Trinajstić information content (AvgIpc) is 2.79. The second-order valence-corrected chi connectivity index (χ2v) is 15.6. The third kappa shape index (κ3) is 8.47. The van der Waals surface area contributed by atoms with Gasteiger partial charge in [0, 0.05) is 11.6 Å². The zero-order valence-corrected chi connectivity index (χ0v) is 24.0. The first-order chi connectivity index (χ1) is 16.7. The van der Waals surface area contributed by atoms with Crippen molar-refractivity contribution in [1.82, 2.24) is 5.32 Å². The van der Waals surface area contributed by atoms with Crippen LogP contribution in [0.15, 0.2) is 36.4 Å². The Kier molecular flexibility index (Phi) is 10.8. The molecule has 2 rings (SSSR count). The number of carbonyl (C=O) groups is 1. The molecule has 0 heterocycles. The molecule has 2 N–H and O–H groups in total. The highest BCUT2D eigenvalue weighted by atomic mass is 35.5. The summed E-state index contributed by atoms with van der Waals surface area (Å²) in [5, 5.41) is 13.2. The Bertz CT molecular complexity index is 1010. The van der Waals surface area contributed by atoms with Crippen molar-refractivity contribution in [1.29, 1.82) is 0 Å². The molecule has 2 aromatic rings. The van der Waals surface area contributed by atoms with Gasteiger partial charge in [-0.05, 0) is 86.4 Å². The van der Waals surface area contributed by atoms with E-state index in [1.807, 2.05) is 20.0 Å². The molecular formula is C27H39ClFNO5Si. The minimum absolute atomic E-state index is 0.0750. The van der Waals surface area contributed by atoms with Crippen LogP contribution in [0.3, 0.4) is 0 Å². The predicted molar refractivity (Wildman–Crippen MR) is 144 cm³/mol. The molecule has 9 heteroatoms. The lowest BCUT2D eigenvalue weighted by molar-refractivity contribution is -0.146. The molecule has 1 unspecified atom stereocenters. The first kappa shape index (κ1) is 30.1. The molecule has 0 fully saturated rings. The number of benzene rings is 2. The molecule has 0 aliphatic rings. The van der Waals surface area contributed by atoms with Gasteiger partial charge in [0.15, 0.2) is 8.32 Å². The molecule has 0 saturated heterocycles. The summed E-state index contributed by atoms with van der Waals surface area (Å²) in [4.78, 5) is 11.8. The molecule has 0 aliphatic carbocycles. The van der Waals surface area contributed by atoms with Gasteiger partial charge in [-0.1, -0.05) is 32.4 Å². The van der Waals surface area contributed by atoms with Crippen molar-refractivity contribution >= 4 is 25.9 Å². The second-order valence-electron chi connectivity index (χ2n) is 10.4. The Balaban J connectivity index is 2.01. The van der Waals surface area contributed by atoms with Crippen LogP contribution in [0.25, 0.3) is 0 Å². The lowest BCUT2D eigenvalue weighted by Crippen LogP contribution is -2.46. The number of ether oxygens (including phenoxy) is 2. The van der Waals surface area contributed by atoms with Crippen molar-refractivity contribution in [3.63, 3.8) is 0 Å². The van der Waals surface area contributed by atoms with E-state index in [-0.39, 0.29) is 17.7 Å². The summed E-state index contributed by atoms with van der Waals surface area (Å²) in [6, 6.07) is 9.69. The van der Waals surface area contributed by atoms with Gasteiger partial charge < -0.3 is 24.3 Å². The van der Waals surface area contributed by atoms with E-state index in [9.17, 15) is 14.3 Å². The number of hydrogen-bond donors (Lipinski definition) is 2. The highest BCUT2D eigenvalue weighted by molar-refractivity contribution is 6.74. The van der Waals surface area contributed by atoms with Gasteiger partial charge in [-0.3, -0.25) is 0 Å². The van der Waals surface area contributed by atoms with E-state index in [1.165, 1.54) is 12.1 Å². The van der Waals surface area contributed by atoms with Gasteiger partial charge in [-0.25, -0.2) is 9.18 Å². The highest BCUT2D eigenvalue weighted by Crippen LogP contribution is 2.37. The Morgan fingerprint density at radius 1 is 1.17 bits per heavy atom. The fraction of sp³-hybridized carbons (Fsp3) is 0.519. The smallest absolute Gasteiger partial charge is 0.331 e. The Labute approximate surface area is 220 Å². The fourth-order valence-electron chi connectivity index (χ4n) is 3.47. The monoisotopic (exact) mass is 539 g/mol. The number of hydrogen-bond acceptors (Lipinski definition) is 5. The van der Waals surface area contributed by atoms with Crippen LogP contribution in [-0.2, 0) is 15.8 Å². The Morgan fingerprint density at radius 3 is 2.33 bits per heavy atom. The Hall–Kier alpha value is -2.13. The standard InChI is InChI=1S/C27H39ClFNO5Si/c1-18(30-14-8-9-25(26(31)32)35-36(6,7)27(2,3)4)22-15-19(29)16-24(28)23(22)17-34-21-12-10-20(33-5)11-13-21/h10-13,15-16,18,25,30H,8-9,14,17H2,1-7H3,(H,31,32)/t18-,25?/m0/s1. The summed E-state index contributed by atoms with van der Waals surface area (Å²) < 4.78 is 31.4. The van der Waals surface area contributed by atoms with Crippen molar-refractivity contribution in [3.8, 4) is 11.5 Å². The maximum Gasteiger partial charge on any atom is 0.331 e. The number of rotatable bonds is 13. The molecule has 0 amide bonds. The first-order valence-corrected chi connectivity index (χ1v) is 15.4. The summed E-state index contributed by atoms with van der Waals surface area (Å²) in [6.07, 6.45) is 0.135. The van der Waals surface area contributed by atoms with E-state index in [4.69, 9.17) is 25.5 Å². The molecule has 2 atom stereocenters. The van der Waals surface area contributed by atoms with E-state index < -0.39 is 26.2 Å². The number of carboxylic acids is 1. The molecule has 0 aliphatic heterocycles. The average molecular weight is 540 g/mol. The van der Waals surface area contributed by atoms with Crippen LogP contribution in [0.2, 0.25) is 23.2 Å². The number of methoxy groups -OCH3 is 1. The molecule has 6 nitrogen and oxygen atoms in total. The fourth-order valence-corrected chi connectivity index (χ4v) is 5.02. The van der Waals surface area contributed by atoms with Gasteiger partial charge >= 0.3 is 5.97 Å². The SMILES string of the molecule is COc1ccc(OCc2c(Cl)cc(F)cc2[C@H](C)NCCCC(O[Si](C)(C)C(C)(C)C)C(=O)O)cc1. The number of nitrogens with one attached hydrogen (secondary N) is 1. The van der Waals surface area contributed by atoms with Crippen LogP contribution in [0.4, 0.5) is 4.39 Å².